The lowest BCUT2D eigenvalue weighted by molar-refractivity contribution is -0.142. The van der Waals surface area contributed by atoms with Crippen molar-refractivity contribution in [3.05, 3.63) is 24.0 Å². The molecular weight excluding hydrogens is 218 g/mol. The maximum absolute atomic E-state index is 11.0. The minimum atomic E-state index is -0.776. The van der Waals surface area contributed by atoms with Crippen molar-refractivity contribution in [1.82, 2.24) is 4.98 Å². The number of hydrogen-bond acceptors (Lipinski definition) is 4. The molecule has 0 amide bonds. The van der Waals surface area contributed by atoms with E-state index in [1.165, 1.54) is 0 Å². The second kappa shape index (κ2) is 4.42. The molecule has 0 bridgehead atoms. The fourth-order valence-corrected chi connectivity index (χ4v) is 2.22. The van der Waals surface area contributed by atoms with Gasteiger partial charge in [-0.3, -0.25) is 9.78 Å². The van der Waals surface area contributed by atoms with Crippen molar-refractivity contribution in [1.29, 1.82) is 5.26 Å². The zero-order chi connectivity index (χ0) is 12.4. The van der Waals surface area contributed by atoms with Crippen molar-refractivity contribution >= 4 is 11.7 Å². The van der Waals surface area contributed by atoms with E-state index in [1.54, 1.807) is 18.5 Å². The first kappa shape index (κ1) is 11.4. The number of rotatable bonds is 2. The van der Waals surface area contributed by atoms with E-state index in [1.807, 2.05) is 11.8 Å². The number of nitrogens with zero attached hydrogens (tertiary/aromatic N) is 3. The Kier molecular flexibility index (Phi) is 2.96. The van der Waals surface area contributed by atoms with E-state index in [4.69, 9.17) is 10.4 Å². The average Bonchev–Trinajstić information content (AvgIpc) is 2.71. The molecule has 2 atom stereocenters. The van der Waals surface area contributed by atoms with Crippen LogP contribution in [0.2, 0.25) is 0 Å². The minimum absolute atomic E-state index is 0.0826. The van der Waals surface area contributed by atoms with Crippen LogP contribution >= 0.6 is 0 Å². The summed E-state index contributed by atoms with van der Waals surface area (Å²) in [7, 11) is 0. The van der Waals surface area contributed by atoms with Crippen LogP contribution in [0.25, 0.3) is 0 Å². The molecule has 1 aliphatic heterocycles. The van der Waals surface area contributed by atoms with E-state index in [9.17, 15) is 4.79 Å². The highest BCUT2D eigenvalue weighted by Gasteiger charge is 2.35. The molecule has 88 valence electrons. The molecule has 1 fully saturated rings. The van der Waals surface area contributed by atoms with Crippen molar-refractivity contribution < 1.29 is 9.90 Å². The zero-order valence-electron chi connectivity index (χ0n) is 9.50. The van der Waals surface area contributed by atoms with E-state index in [2.05, 4.69) is 11.1 Å². The molecule has 5 nitrogen and oxygen atoms in total. The fourth-order valence-electron chi connectivity index (χ4n) is 2.22. The molecule has 1 aliphatic rings. The standard InChI is InChI=1S/C12H13N3O2/c1-8-6-15(7-10(8)12(16)17)11-5-14-3-2-9(11)4-13/h2-3,5,8,10H,6-7H2,1H3,(H,16,17). The van der Waals surface area contributed by atoms with Crippen LogP contribution in [0, 0.1) is 23.2 Å². The molecule has 2 heterocycles. The summed E-state index contributed by atoms with van der Waals surface area (Å²) in [5.41, 5.74) is 1.27. The largest absolute Gasteiger partial charge is 0.481 e. The molecule has 5 heteroatoms. The molecule has 0 saturated carbocycles. The summed E-state index contributed by atoms with van der Waals surface area (Å²) in [6.45, 7) is 3.01. The summed E-state index contributed by atoms with van der Waals surface area (Å²) in [5, 5.41) is 18.1. The van der Waals surface area contributed by atoms with Gasteiger partial charge >= 0.3 is 5.97 Å². The molecule has 0 aliphatic carbocycles. The number of pyridine rings is 1. The van der Waals surface area contributed by atoms with Gasteiger partial charge in [0.15, 0.2) is 0 Å². The summed E-state index contributed by atoms with van der Waals surface area (Å²) in [4.78, 5) is 17.0. The molecule has 1 saturated heterocycles. The Morgan fingerprint density at radius 1 is 1.65 bits per heavy atom. The predicted octanol–water partition coefficient (Wildman–Crippen LogP) is 1.11. The van der Waals surface area contributed by atoms with Crippen molar-refractivity contribution in [2.24, 2.45) is 11.8 Å². The molecule has 1 aromatic heterocycles. The SMILES string of the molecule is CC1CN(c2cnccc2C#N)CC1C(=O)O. The number of hydrogen-bond donors (Lipinski definition) is 1. The second-order valence-electron chi connectivity index (χ2n) is 4.33. The Morgan fingerprint density at radius 2 is 2.41 bits per heavy atom. The topological polar surface area (TPSA) is 77.2 Å². The lowest BCUT2D eigenvalue weighted by Crippen LogP contribution is -2.23. The lowest BCUT2D eigenvalue weighted by atomic mass is 9.99. The number of carboxylic acids is 1. The Balaban J connectivity index is 2.26. The van der Waals surface area contributed by atoms with Crippen molar-refractivity contribution in [2.45, 2.75) is 6.92 Å². The van der Waals surface area contributed by atoms with Gasteiger partial charge in [0.25, 0.3) is 0 Å². The molecule has 0 spiro atoms. The van der Waals surface area contributed by atoms with Gasteiger partial charge < -0.3 is 10.0 Å². The van der Waals surface area contributed by atoms with E-state index in [0.29, 0.717) is 18.7 Å². The van der Waals surface area contributed by atoms with Crippen LogP contribution in [0.4, 0.5) is 5.69 Å². The summed E-state index contributed by atoms with van der Waals surface area (Å²) in [6, 6.07) is 3.75. The summed E-state index contributed by atoms with van der Waals surface area (Å²) in [5.74, 6) is -1.07. The quantitative estimate of drug-likeness (QED) is 0.825. The first-order chi connectivity index (χ1) is 8.13. The van der Waals surface area contributed by atoms with E-state index < -0.39 is 5.97 Å². The van der Waals surface area contributed by atoms with Gasteiger partial charge in [-0.1, -0.05) is 6.92 Å². The number of anilines is 1. The molecule has 0 radical (unpaired) electrons. The molecule has 0 aromatic carbocycles. The molecule has 2 rings (SSSR count). The predicted molar refractivity (Wildman–Crippen MR) is 61.5 cm³/mol. The fraction of sp³-hybridized carbons (Fsp3) is 0.417. The highest BCUT2D eigenvalue weighted by Crippen LogP contribution is 2.29. The highest BCUT2D eigenvalue weighted by molar-refractivity contribution is 5.73. The Morgan fingerprint density at radius 3 is 3.00 bits per heavy atom. The van der Waals surface area contributed by atoms with Gasteiger partial charge in [0.05, 0.1) is 23.4 Å². The third-order valence-electron chi connectivity index (χ3n) is 3.19. The maximum atomic E-state index is 11.0. The number of aromatic nitrogens is 1. The molecule has 1 aromatic rings. The Labute approximate surface area is 99.3 Å². The van der Waals surface area contributed by atoms with Gasteiger partial charge in [-0.25, -0.2) is 0 Å². The monoisotopic (exact) mass is 231 g/mol. The van der Waals surface area contributed by atoms with Crippen LogP contribution in [-0.2, 0) is 4.79 Å². The number of aliphatic carboxylic acids is 1. The van der Waals surface area contributed by atoms with Crippen LogP contribution in [0.3, 0.4) is 0 Å². The number of nitriles is 1. The zero-order valence-corrected chi connectivity index (χ0v) is 9.50. The van der Waals surface area contributed by atoms with Gasteiger partial charge in [-0.05, 0) is 12.0 Å². The van der Waals surface area contributed by atoms with Crippen LogP contribution < -0.4 is 4.90 Å². The number of carboxylic acid groups (broad SMARTS) is 1. The third-order valence-corrected chi connectivity index (χ3v) is 3.19. The molecule has 1 N–H and O–H groups in total. The second-order valence-corrected chi connectivity index (χ2v) is 4.33. The van der Waals surface area contributed by atoms with Gasteiger partial charge in [-0.2, -0.15) is 5.26 Å². The van der Waals surface area contributed by atoms with Crippen molar-refractivity contribution in [2.75, 3.05) is 18.0 Å². The maximum Gasteiger partial charge on any atom is 0.308 e. The van der Waals surface area contributed by atoms with Crippen molar-refractivity contribution in [3.63, 3.8) is 0 Å². The molecular formula is C12H13N3O2. The van der Waals surface area contributed by atoms with Gasteiger partial charge in [0, 0.05) is 19.3 Å². The molecule has 2 unspecified atom stereocenters. The Bertz CT molecular complexity index is 481. The molecule has 17 heavy (non-hydrogen) atoms. The lowest BCUT2D eigenvalue weighted by Gasteiger charge is -2.18. The van der Waals surface area contributed by atoms with Crippen LogP contribution in [-0.4, -0.2) is 29.1 Å². The normalized spacial score (nSPS) is 23.4. The minimum Gasteiger partial charge on any atom is -0.481 e. The average molecular weight is 231 g/mol. The van der Waals surface area contributed by atoms with Gasteiger partial charge in [-0.15, -0.1) is 0 Å². The highest BCUT2D eigenvalue weighted by atomic mass is 16.4. The van der Waals surface area contributed by atoms with Crippen LogP contribution in [0.5, 0.6) is 0 Å². The Hall–Kier alpha value is -2.09. The first-order valence-corrected chi connectivity index (χ1v) is 5.45. The first-order valence-electron chi connectivity index (χ1n) is 5.45. The van der Waals surface area contributed by atoms with E-state index in [-0.39, 0.29) is 11.8 Å². The van der Waals surface area contributed by atoms with Gasteiger partial charge in [0.1, 0.15) is 6.07 Å². The van der Waals surface area contributed by atoms with Crippen molar-refractivity contribution in [3.8, 4) is 6.07 Å². The van der Waals surface area contributed by atoms with E-state index in [0.717, 1.165) is 5.69 Å². The smallest absolute Gasteiger partial charge is 0.308 e. The summed E-state index contributed by atoms with van der Waals surface area (Å²) >= 11 is 0. The number of carbonyl (C=O) groups is 1. The third kappa shape index (κ3) is 2.07. The van der Waals surface area contributed by atoms with E-state index >= 15 is 0 Å². The van der Waals surface area contributed by atoms with Gasteiger partial charge in [0.2, 0.25) is 0 Å². The van der Waals surface area contributed by atoms with Crippen LogP contribution in [0.1, 0.15) is 12.5 Å². The summed E-state index contributed by atoms with van der Waals surface area (Å²) < 4.78 is 0. The van der Waals surface area contributed by atoms with Crippen LogP contribution in [0.15, 0.2) is 18.5 Å². The summed E-state index contributed by atoms with van der Waals surface area (Å²) in [6.07, 6.45) is 3.19.